The molecule has 29 heavy (non-hydrogen) atoms. The smallest absolute Gasteiger partial charge is 0.430 e. The highest BCUT2D eigenvalue weighted by atomic mass is 19.4. The summed E-state index contributed by atoms with van der Waals surface area (Å²) in [6.07, 6.45) is 0.318. The lowest BCUT2D eigenvalue weighted by molar-refractivity contribution is -0.688. The lowest BCUT2D eigenvalue weighted by Crippen LogP contribution is -2.37. The van der Waals surface area contributed by atoms with Crippen molar-refractivity contribution >= 4 is 11.9 Å². The second-order valence-electron chi connectivity index (χ2n) is 5.53. The molecular formula is C18H15F3N4O4. The van der Waals surface area contributed by atoms with Gasteiger partial charge in [-0.25, -0.2) is 9.48 Å². The minimum atomic E-state index is -5.19. The zero-order chi connectivity index (χ0) is 21.4. The van der Waals surface area contributed by atoms with Gasteiger partial charge < -0.3 is 14.6 Å². The van der Waals surface area contributed by atoms with E-state index in [0.29, 0.717) is 12.1 Å². The minimum absolute atomic E-state index is 0.345. The van der Waals surface area contributed by atoms with Crippen LogP contribution >= 0.6 is 0 Å². The molecule has 2 aromatic heterocycles. The third kappa shape index (κ3) is 6.41. The summed E-state index contributed by atoms with van der Waals surface area (Å²) >= 11 is 0. The lowest BCUT2D eigenvalue weighted by Gasteiger charge is -2.03. The summed E-state index contributed by atoms with van der Waals surface area (Å²) in [6.45, 7) is 0.578. The molecule has 3 aromatic rings. The van der Waals surface area contributed by atoms with Gasteiger partial charge in [-0.05, 0) is 12.1 Å². The molecule has 152 valence electrons. The van der Waals surface area contributed by atoms with Crippen molar-refractivity contribution in [3.8, 4) is 5.69 Å². The number of nitrogens with zero attached hydrogens (tertiary/aromatic N) is 4. The van der Waals surface area contributed by atoms with Crippen LogP contribution in [-0.2, 0) is 16.1 Å². The molecule has 0 N–H and O–H groups in total. The Balaban J connectivity index is 0.000000370. The van der Waals surface area contributed by atoms with Gasteiger partial charge in [-0.3, -0.25) is 0 Å². The molecule has 0 aliphatic rings. The Bertz CT molecular complexity index is 957. The van der Waals surface area contributed by atoms with Gasteiger partial charge in [0, 0.05) is 12.1 Å². The van der Waals surface area contributed by atoms with Crippen LogP contribution in [0.2, 0.25) is 0 Å². The largest absolute Gasteiger partial charge is 0.542 e. The molecule has 0 amide bonds. The number of carboxylic acids is 1. The summed E-state index contributed by atoms with van der Waals surface area (Å²) < 4.78 is 39.9. The number of alkyl halides is 3. The van der Waals surface area contributed by atoms with Crippen molar-refractivity contribution in [2.75, 3.05) is 7.11 Å². The second-order valence-corrected chi connectivity index (χ2v) is 5.53. The Hall–Kier alpha value is -3.76. The highest BCUT2D eigenvalue weighted by molar-refractivity contribution is 5.88. The molecule has 0 aliphatic heterocycles. The van der Waals surface area contributed by atoms with Crippen LogP contribution in [0.5, 0.6) is 0 Å². The number of pyridine rings is 1. The molecule has 0 aliphatic carbocycles. The highest BCUT2D eigenvalue weighted by Crippen LogP contribution is 2.11. The first-order valence-corrected chi connectivity index (χ1v) is 8.03. The van der Waals surface area contributed by atoms with Crippen LogP contribution in [0.15, 0.2) is 61.1 Å². The summed E-state index contributed by atoms with van der Waals surface area (Å²) in [5.74, 6) is -3.35. The van der Waals surface area contributed by atoms with Crippen LogP contribution in [0.3, 0.4) is 0 Å². The average Bonchev–Trinajstić information content (AvgIpc) is 3.17. The van der Waals surface area contributed by atoms with E-state index >= 15 is 0 Å². The fourth-order valence-corrected chi connectivity index (χ4v) is 2.08. The van der Waals surface area contributed by atoms with Gasteiger partial charge in [0.05, 0.1) is 24.6 Å². The Morgan fingerprint density at radius 1 is 1.14 bits per heavy atom. The van der Waals surface area contributed by atoms with E-state index in [9.17, 15) is 18.0 Å². The Labute approximate surface area is 162 Å². The number of para-hydroxylation sites is 1. The number of aliphatic carboxylic acids is 1. The second kappa shape index (κ2) is 9.44. The van der Waals surface area contributed by atoms with E-state index < -0.39 is 12.1 Å². The van der Waals surface area contributed by atoms with Gasteiger partial charge in [0.2, 0.25) is 0 Å². The van der Waals surface area contributed by atoms with Gasteiger partial charge in [-0.15, -0.1) is 5.10 Å². The van der Waals surface area contributed by atoms with Gasteiger partial charge in [0.1, 0.15) is 11.7 Å². The Kier molecular flexibility index (Phi) is 7.01. The number of carboxylic acid groups (broad SMARTS) is 1. The van der Waals surface area contributed by atoms with Gasteiger partial charge in [-0.2, -0.15) is 17.7 Å². The standard InChI is InChI=1S/C16H15N4O2.C2HF3O2/c1-22-16(21)13-7-9-19(10-8-13)11-14-12-20(18-17-14)15-5-3-2-4-6-15;3-2(4,5)1(6)7/h2-10,12H,11H2,1H3;(H,6,7)/q+1;/p-1. The van der Waals surface area contributed by atoms with E-state index in [-0.39, 0.29) is 5.97 Å². The predicted molar refractivity (Wildman–Crippen MR) is 89.5 cm³/mol. The molecular weight excluding hydrogens is 393 g/mol. The third-order valence-corrected chi connectivity index (χ3v) is 3.45. The van der Waals surface area contributed by atoms with Crippen LogP contribution in [-0.4, -0.2) is 40.2 Å². The number of carbonyl (C=O) groups is 2. The van der Waals surface area contributed by atoms with Crippen LogP contribution in [0.25, 0.3) is 5.69 Å². The first-order chi connectivity index (χ1) is 13.7. The van der Waals surface area contributed by atoms with Gasteiger partial charge in [-0.1, -0.05) is 23.4 Å². The number of aromatic nitrogens is 4. The zero-order valence-electron chi connectivity index (χ0n) is 15.0. The van der Waals surface area contributed by atoms with Crippen molar-refractivity contribution in [3.63, 3.8) is 0 Å². The SMILES string of the molecule is COC(=O)c1cc[n+](Cc2cn(-c3ccccc3)nn2)cc1.O=C([O-])C(F)(F)F. The van der Waals surface area contributed by atoms with E-state index in [1.807, 2.05) is 53.5 Å². The number of methoxy groups -OCH3 is 1. The average molecular weight is 408 g/mol. The van der Waals surface area contributed by atoms with Crippen molar-refractivity contribution < 1.29 is 37.2 Å². The van der Waals surface area contributed by atoms with Gasteiger partial charge in [0.25, 0.3) is 0 Å². The zero-order valence-corrected chi connectivity index (χ0v) is 15.0. The number of carbonyl (C=O) groups excluding carboxylic acids is 2. The van der Waals surface area contributed by atoms with E-state index in [4.69, 9.17) is 9.90 Å². The number of benzene rings is 1. The van der Waals surface area contributed by atoms with Crippen LogP contribution in [0.1, 0.15) is 16.1 Å². The number of hydrogen-bond acceptors (Lipinski definition) is 6. The van der Waals surface area contributed by atoms with Crippen LogP contribution in [0.4, 0.5) is 13.2 Å². The third-order valence-electron chi connectivity index (χ3n) is 3.45. The summed E-state index contributed by atoms with van der Waals surface area (Å²) in [7, 11) is 1.37. The number of esters is 1. The van der Waals surface area contributed by atoms with Crippen LogP contribution < -0.4 is 9.67 Å². The van der Waals surface area contributed by atoms with Crippen molar-refractivity contribution in [1.29, 1.82) is 0 Å². The maximum absolute atomic E-state index is 11.4. The topological polar surface area (TPSA) is 101 Å². The summed E-state index contributed by atoms with van der Waals surface area (Å²) in [5, 5.41) is 17.1. The van der Waals surface area contributed by atoms with E-state index in [0.717, 1.165) is 11.4 Å². The molecule has 0 radical (unpaired) electrons. The Morgan fingerprint density at radius 2 is 1.72 bits per heavy atom. The van der Waals surface area contributed by atoms with Crippen molar-refractivity contribution in [3.05, 3.63) is 72.3 Å². The molecule has 0 saturated carbocycles. The molecule has 2 heterocycles. The van der Waals surface area contributed by atoms with E-state index in [1.165, 1.54) is 7.11 Å². The number of rotatable bonds is 4. The van der Waals surface area contributed by atoms with E-state index in [2.05, 4.69) is 15.0 Å². The lowest BCUT2D eigenvalue weighted by atomic mass is 10.3. The fraction of sp³-hybridized carbons (Fsp3) is 0.167. The van der Waals surface area contributed by atoms with Gasteiger partial charge in [0.15, 0.2) is 18.9 Å². The minimum Gasteiger partial charge on any atom is -0.542 e. The summed E-state index contributed by atoms with van der Waals surface area (Å²) in [6, 6.07) is 13.2. The molecule has 0 unspecified atom stereocenters. The maximum atomic E-state index is 11.4. The van der Waals surface area contributed by atoms with Crippen molar-refractivity contribution in [1.82, 2.24) is 15.0 Å². The highest BCUT2D eigenvalue weighted by Gasteiger charge is 2.28. The van der Waals surface area contributed by atoms with E-state index in [1.54, 1.807) is 16.8 Å². The molecule has 3 rings (SSSR count). The molecule has 8 nitrogen and oxygen atoms in total. The monoisotopic (exact) mass is 408 g/mol. The number of hydrogen-bond donors (Lipinski definition) is 0. The first kappa shape index (κ1) is 21.5. The molecule has 0 fully saturated rings. The summed E-state index contributed by atoms with van der Waals surface area (Å²) in [4.78, 5) is 20.2. The fourth-order valence-electron chi connectivity index (χ4n) is 2.08. The molecule has 0 saturated heterocycles. The summed E-state index contributed by atoms with van der Waals surface area (Å²) in [5.41, 5.74) is 2.32. The molecule has 0 atom stereocenters. The van der Waals surface area contributed by atoms with Crippen LogP contribution in [0, 0.1) is 0 Å². The quantitative estimate of drug-likeness (QED) is 0.465. The normalized spacial score (nSPS) is 10.6. The maximum Gasteiger partial charge on any atom is 0.430 e. The number of halogens is 3. The molecule has 1 aromatic carbocycles. The Morgan fingerprint density at radius 3 is 2.24 bits per heavy atom. The first-order valence-electron chi connectivity index (χ1n) is 8.03. The predicted octanol–water partition coefficient (Wildman–Crippen LogP) is 0.688. The van der Waals surface area contributed by atoms with Crippen molar-refractivity contribution in [2.45, 2.75) is 12.7 Å². The number of ether oxygens (including phenoxy) is 1. The molecule has 11 heteroatoms. The van der Waals surface area contributed by atoms with Crippen molar-refractivity contribution in [2.24, 2.45) is 0 Å². The van der Waals surface area contributed by atoms with Gasteiger partial charge >= 0.3 is 12.1 Å². The molecule has 0 bridgehead atoms. The molecule has 0 spiro atoms.